The number of nitro groups is 2. The third-order valence-corrected chi connectivity index (χ3v) is 5.92. The van der Waals surface area contributed by atoms with E-state index in [9.17, 15) is 25.0 Å². The Kier molecular flexibility index (Phi) is 10.4. The van der Waals surface area contributed by atoms with Crippen molar-refractivity contribution in [3.63, 3.8) is 0 Å². The molecule has 0 radical (unpaired) electrons. The van der Waals surface area contributed by atoms with E-state index in [-0.39, 0.29) is 17.6 Å². The highest BCUT2D eigenvalue weighted by Crippen LogP contribution is 2.42. The van der Waals surface area contributed by atoms with Crippen LogP contribution < -0.4 is 0 Å². The molecule has 0 unspecified atom stereocenters. The largest absolute Gasteiger partial charge is 0.462 e. The normalized spacial score (nSPS) is 13.1. The number of carbonyl (C=O) groups excluding carboxylic acids is 1. The van der Waals surface area contributed by atoms with Gasteiger partial charge in [0.25, 0.3) is 11.4 Å². The molecule has 0 aliphatic rings. The molecule has 1 aromatic carbocycles. The van der Waals surface area contributed by atoms with Crippen LogP contribution >= 0.6 is 0 Å². The van der Waals surface area contributed by atoms with Crippen molar-refractivity contribution in [2.75, 3.05) is 6.61 Å². The lowest BCUT2D eigenvalue weighted by Crippen LogP contribution is -2.30. The molecule has 0 N–H and O–H groups in total. The van der Waals surface area contributed by atoms with Gasteiger partial charge in [-0.25, -0.2) is 4.79 Å². The predicted octanol–water partition coefficient (Wildman–Crippen LogP) is 6.46. The molecule has 0 saturated heterocycles. The molecular formula is C22H34N2O6. The number of ether oxygens (including phenoxy) is 1. The predicted molar refractivity (Wildman–Crippen MR) is 116 cm³/mol. The van der Waals surface area contributed by atoms with Crippen LogP contribution in [0, 0.1) is 31.6 Å². The molecule has 8 heteroatoms. The maximum atomic E-state index is 12.5. The molecule has 0 aromatic heterocycles. The van der Waals surface area contributed by atoms with Crippen LogP contribution in [0.1, 0.15) is 89.4 Å². The number of carbonyl (C=O) groups is 1. The van der Waals surface area contributed by atoms with Crippen LogP contribution in [0.4, 0.5) is 11.4 Å². The Morgan fingerprint density at radius 1 is 0.933 bits per heavy atom. The number of non-ortho nitro benzene ring substituents is 2. The highest BCUT2D eigenvalue weighted by molar-refractivity contribution is 5.91. The van der Waals surface area contributed by atoms with Gasteiger partial charge in [0, 0.05) is 12.1 Å². The lowest BCUT2D eigenvalue weighted by Gasteiger charge is -2.38. The van der Waals surface area contributed by atoms with Gasteiger partial charge in [-0.05, 0) is 30.6 Å². The monoisotopic (exact) mass is 422 g/mol. The Morgan fingerprint density at radius 3 is 1.93 bits per heavy atom. The summed E-state index contributed by atoms with van der Waals surface area (Å²) in [6, 6.07) is 2.87. The van der Waals surface area contributed by atoms with Crippen LogP contribution in [0.5, 0.6) is 0 Å². The van der Waals surface area contributed by atoms with Gasteiger partial charge in [0.05, 0.1) is 28.1 Å². The van der Waals surface area contributed by atoms with Gasteiger partial charge in [-0.2, -0.15) is 0 Å². The Hall–Kier alpha value is -2.51. The number of nitro benzene ring substituents is 2. The highest BCUT2D eigenvalue weighted by Gasteiger charge is 2.33. The average molecular weight is 423 g/mol. The minimum Gasteiger partial charge on any atom is -0.462 e. The molecule has 0 bridgehead atoms. The minimum atomic E-state index is -0.775. The van der Waals surface area contributed by atoms with Crippen LogP contribution in [0.15, 0.2) is 18.2 Å². The second kappa shape index (κ2) is 12.2. The molecule has 0 aliphatic heterocycles. The van der Waals surface area contributed by atoms with E-state index in [1.54, 1.807) is 0 Å². The number of unbranched alkanes of at least 4 members (excludes halogenated alkanes) is 3. The molecule has 0 amide bonds. The zero-order chi connectivity index (χ0) is 22.7. The Balaban J connectivity index is 2.92. The highest BCUT2D eigenvalue weighted by atomic mass is 16.6. The molecular weight excluding hydrogens is 388 g/mol. The Labute approximate surface area is 178 Å². The summed E-state index contributed by atoms with van der Waals surface area (Å²) in [5.74, 6) is -0.345. The molecule has 0 spiro atoms. The van der Waals surface area contributed by atoms with Crippen LogP contribution in [-0.2, 0) is 4.74 Å². The van der Waals surface area contributed by atoms with Gasteiger partial charge in [-0.15, -0.1) is 0 Å². The molecule has 1 atom stereocenters. The van der Waals surface area contributed by atoms with Gasteiger partial charge in [0.2, 0.25) is 0 Å². The Morgan fingerprint density at radius 2 is 1.47 bits per heavy atom. The topological polar surface area (TPSA) is 113 Å². The Bertz CT molecular complexity index is 702. The van der Waals surface area contributed by atoms with E-state index >= 15 is 0 Å². The van der Waals surface area contributed by atoms with E-state index in [0.29, 0.717) is 12.3 Å². The number of hydrogen-bond donors (Lipinski definition) is 0. The van der Waals surface area contributed by atoms with Crippen LogP contribution in [0.25, 0.3) is 0 Å². The van der Waals surface area contributed by atoms with E-state index in [2.05, 4.69) is 27.7 Å². The SMILES string of the molecule is CCCCC[C@@](CCCC)(CCOC(=O)c1cc([N+](=O)[O-])cc([N+](=O)[O-])c1)C(C)C. The van der Waals surface area contributed by atoms with Crippen LogP contribution in [-0.4, -0.2) is 22.4 Å². The fourth-order valence-electron chi connectivity index (χ4n) is 3.85. The number of benzene rings is 1. The second-order valence-corrected chi connectivity index (χ2v) is 8.22. The third kappa shape index (κ3) is 7.39. The van der Waals surface area contributed by atoms with E-state index in [1.165, 1.54) is 0 Å². The maximum absolute atomic E-state index is 12.5. The first-order chi connectivity index (χ1) is 14.2. The van der Waals surface area contributed by atoms with Crippen molar-refractivity contribution in [1.29, 1.82) is 0 Å². The summed E-state index contributed by atoms with van der Waals surface area (Å²) in [4.78, 5) is 33.0. The average Bonchev–Trinajstić information content (AvgIpc) is 2.70. The smallest absolute Gasteiger partial charge is 0.338 e. The first-order valence-electron chi connectivity index (χ1n) is 10.8. The number of rotatable bonds is 14. The van der Waals surface area contributed by atoms with Crippen molar-refractivity contribution in [2.45, 2.75) is 79.1 Å². The minimum absolute atomic E-state index is 0.0696. The summed E-state index contributed by atoms with van der Waals surface area (Å²) in [5, 5.41) is 22.1. The van der Waals surface area contributed by atoms with Gasteiger partial charge in [-0.3, -0.25) is 20.2 Å². The van der Waals surface area contributed by atoms with E-state index in [4.69, 9.17) is 4.74 Å². The van der Waals surface area contributed by atoms with Crippen molar-refractivity contribution in [3.8, 4) is 0 Å². The molecule has 0 heterocycles. The van der Waals surface area contributed by atoms with Gasteiger partial charge >= 0.3 is 5.97 Å². The molecule has 168 valence electrons. The van der Waals surface area contributed by atoms with Crippen molar-refractivity contribution in [2.24, 2.45) is 11.3 Å². The summed E-state index contributed by atoms with van der Waals surface area (Å²) < 4.78 is 5.41. The fourth-order valence-corrected chi connectivity index (χ4v) is 3.85. The van der Waals surface area contributed by atoms with Gasteiger partial charge in [0.1, 0.15) is 0 Å². The first kappa shape index (κ1) is 25.5. The molecule has 0 aliphatic carbocycles. The van der Waals surface area contributed by atoms with E-state index in [0.717, 1.165) is 63.1 Å². The molecule has 8 nitrogen and oxygen atoms in total. The summed E-state index contributed by atoms with van der Waals surface area (Å²) >= 11 is 0. The zero-order valence-electron chi connectivity index (χ0n) is 18.5. The van der Waals surface area contributed by atoms with Gasteiger partial charge < -0.3 is 4.74 Å². The number of nitrogens with zero attached hydrogens (tertiary/aromatic N) is 2. The molecule has 1 aromatic rings. The van der Waals surface area contributed by atoms with Crippen molar-refractivity contribution < 1.29 is 19.4 Å². The third-order valence-electron chi connectivity index (χ3n) is 5.92. The van der Waals surface area contributed by atoms with Crippen molar-refractivity contribution in [3.05, 3.63) is 44.0 Å². The van der Waals surface area contributed by atoms with E-state index < -0.39 is 27.2 Å². The zero-order valence-corrected chi connectivity index (χ0v) is 18.5. The summed E-state index contributed by atoms with van der Waals surface area (Å²) in [6.45, 7) is 8.92. The molecule has 0 saturated carbocycles. The maximum Gasteiger partial charge on any atom is 0.338 e. The van der Waals surface area contributed by atoms with E-state index in [1.807, 2.05) is 0 Å². The summed E-state index contributed by atoms with van der Waals surface area (Å²) in [7, 11) is 0. The van der Waals surface area contributed by atoms with Crippen molar-refractivity contribution in [1.82, 2.24) is 0 Å². The first-order valence-corrected chi connectivity index (χ1v) is 10.8. The standard InChI is InChI=1S/C22H34N2O6/c1-5-7-9-11-22(17(3)4,10-8-6-2)12-13-30-21(25)18-14-19(23(26)27)16-20(15-18)24(28)29/h14-17H,5-13H2,1-4H3/t22-/m0/s1. The molecule has 0 fully saturated rings. The summed E-state index contributed by atoms with van der Waals surface area (Å²) in [6.07, 6.45) is 8.47. The van der Waals surface area contributed by atoms with Crippen molar-refractivity contribution >= 4 is 17.3 Å². The lowest BCUT2D eigenvalue weighted by atomic mass is 9.68. The quantitative estimate of drug-likeness (QED) is 0.147. The van der Waals surface area contributed by atoms with Crippen LogP contribution in [0.2, 0.25) is 0 Å². The van der Waals surface area contributed by atoms with Gasteiger partial charge in [0.15, 0.2) is 0 Å². The fraction of sp³-hybridized carbons (Fsp3) is 0.682. The number of esters is 1. The summed E-state index contributed by atoms with van der Waals surface area (Å²) in [5.41, 5.74) is -1.11. The number of hydrogen-bond acceptors (Lipinski definition) is 6. The van der Waals surface area contributed by atoms with Gasteiger partial charge in [-0.1, -0.05) is 59.8 Å². The second-order valence-electron chi connectivity index (χ2n) is 8.22. The lowest BCUT2D eigenvalue weighted by molar-refractivity contribution is -0.394. The molecule has 1 rings (SSSR count). The molecule has 30 heavy (non-hydrogen) atoms. The van der Waals surface area contributed by atoms with Crippen LogP contribution in [0.3, 0.4) is 0 Å².